The van der Waals surface area contributed by atoms with Crippen molar-refractivity contribution in [2.24, 2.45) is 0 Å². The molecule has 0 saturated carbocycles. The van der Waals surface area contributed by atoms with Gasteiger partial charge < -0.3 is 14.7 Å². The number of nitrogens with zero attached hydrogens (tertiary/aromatic N) is 1. The summed E-state index contributed by atoms with van der Waals surface area (Å²) in [5, 5.41) is 9.51. The van der Waals surface area contributed by atoms with Crippen LogP contribution in [0.5, 0.6) is 5.75 Å². The molecule has 0 spiro atoms. The van der Waals surface area contributed by atoms with Crippen LogP contribution >= 0.6 is 0 Å². The molecule has 1 aliphatic rings. The number of halogens is 3. The number of carbonyl (C=O) groups excluding carboxylic acids is 1. The Morgan fingerprint density at radius 2 is 1.75 bits per heavy atom. The van der Waals surface area contributed by atoms with E-state index in [2.05, 4.69) is 0 Å². The van der Waals surface area contributed by atoms with Crippen LogP contribution in [0.25, 0.3) is 0 Å². The maximum Gasteiger partial charge on any atom is 0.389 e. The van der Waals surface area contributed by atoms with Crippen molar-refractivity contribution in [1.29, 1.82) is 0 Å². The fraction of sp³-hybridized carbons (Fsp3) is 0.500. The summed E-state index contributed by atoms with van der Waals surface area (Å²) in [4.78, 5) is 24.7. The molecular formula is C16H18F3NO4. The number of para-hydroxylation sites is 1. The summed E-state index contributed by atoms with van der Waals surface area (Å²) in [7, 11) is 0. The van der Waals surface area contributed by atoms with Crippen molar-refractivity contribution in [3.8, 4) is 5.75 Å². The summed E-state index contributed by atoms with van der Waals surface area (Å²) in [6.45, 7) is 0.103. The van der Waals surface area contributed by atoms with Gasteiger partial charge in [0.1, 0.15) is 5.75 Å². The topological polar surface area (TPSA) is 66.8 Å². The maximum absolute atomic E-state index is 12.2. The molecule has 2 rings (SSSR count). The summed E-state index contributed by atoms with van der Waals surface area (Å²) in [6.07, 6.45) is -6.13. The van der Waals surface area contributed by atoms with Gasteiger partial charge >= 0.3 is 12.1 Å². The third-order valence-corrected chi connectivity index (χ3v) is 3.99. The molecule has 132 valence electrons. The Kier molecular flexibility index (Phi) is 5.36. The van der Waals surface area contributed by atoms with Crippen LogP contribution in [0.4, 0.5) is 13.2 Å². The summed E-state index contributed by atoms with van der Waals surface area (Å²) in [5.41, 5.74) is -1.47. The number of alkyl halides is 3. The number of carboxylic acid groups (broad SMARTS) is 1. The lowest BCUT2D eigenvalue weighted by Gasteiger charge is -2.39. The zero-order valence-electron chi connectivity index (χ0n) is 12.9. The highest BCUT2D eigenvalue weighted by atomic mass is 19.4. The zero-order chi connectivity index (χ0) is 17.8. The highest BCUT2D eigenvalue weighted by Gasteiger charge is 2.45. The van der Waals surface area contributed by atoms with E-state index in [0.29, 0.717) is 5.75 Å². The van der Waals surface area contributed by atoms with Gasteiger partial charge in [0, 0.05) is 32.4 Å². The van der Waals surface area contributed by atoms with Gasteiger partial charge in [-0.25, -0.2) is 4.79 Å². The van der Waals surface area contributed by atoms with E-state index in [1.807, 2.05) is 0 Å². The molecule has 5 nitrogen and oxygen atoms in total. The van der Waals surface area contributed by atoms with E-state index in [1.165, 1.54) is 4.90 Å². The van der Waals surface area contributed by atoms with Crippen LogP contribution in [0.2, 0.25) is 0 Å². The summed E-state index contributed by atoms with van der Waals surface area (Å²) in [6, 6.07) is 8.45. The first-order valence-corrected chi connectivity index (χ1v) is 7.54. The molecule has 1 amide bonds. The van der Waals surface area contributed by atoms with Crippen molar-refractivity contribution < 1.29 is 32.6 Å². The third kappa shape index (κ3) is 4.62. The summed E-state index contributed by atoms with van der Waals surface area (Å²) in [5.74, 6) is -1.36. The van der Waals surface area contributed by atoms with E-state index in [4.69, 9.17) is 4.74 Å². The molecule has 24 heavy (non-hydrogen) atoms. The van der Waals surface area contributed by atoms with Crippen LogP contribution in [-0.4, -0.2) is 46.7 Å². The average Bonchev–Trinajstić information content (AvgIpc) is 2.53. The fourth-order valence-electron chi connectivity index (χ4n) is 2.60. The minimum Gasteiger partial charge on any atom is -0.478 e. The number of ether oxygens (including phenoxy) is 1. The highest BCUT2D eigenvalue weighted by molar-refractivity contribution is 5.80. The van der Waals surface area contributed by atoms with Crippen LogP contribution in [0.15, 0.2) is 30.3 Å². The Morgan fingerprint density at radius 3 is 2.25 bits per heavy atom. The lowest BCUT2D eigenvalue weighted by atomic mass is 9.90. The average molecular weight is 345 g/mol. The number of rotatable bonds is 5. The van der Waals surface area contributed by atoms with Crippen LogP contribution in [0, 0.1) is 0 Å². The smallest absolute Gasteiger partial charge is 0.389 e. The number of likely N-dealkylation sites (tertiary alicyclic amines) is 1. The Hall–Kier alpha value is -2.25. The minimum absolute atomic E-state index is 0.0228. The molecule has 0 radical (unpaired) electrons. The first-order valence-electron chi connectivity index (χ1n) is 7.54. The molecule has 0 atom stereocenters. The van der Waals surface area contributed by atoms with Crippen molar-refractivity contribution in [1.82, 2.24) is 4.90 Å². The van der Waals surface area contributed by atoms with Crippen molar-refractivity contribution in [2.45, 2.75) is 37.5 Å². The van der Waals surface area contributed by atoms with Gasteiger partial charge in [0.15, 0.2) is 0 Å². The van der Waals surface area contributed by atoms with E-state index in [-0.39, 0.29) is 25.9 Å². The van der Waals surface area contributed by atoms with Gasteiger partial charge in [-0.1, -0.05) is 18.2 Å². The molecule has 1 aliphatic heterocycles. The van der Waals surface area contributed by atoms with Gasteiger partial charge in [-0.05, 0) is 12.1 Å². The molecule has 1 aromatic carbocycles. The normalized spacial score (nSPS) is 17.4. The van der Waals surface area contributed by atoms with Crippen LogP contribution in [0.3, 0.4) is 0 Å². The Morgan fingerprint density at radius 1 is 1.17 bits per heavy atom. The Labute approximate surface area is 137 Å². The maximum atomic E-state index is 12.2. The summed E-state index contributed by atoms with van der Waals surface area (Å²) >= 11 is 0. The van der Waals surface area contributed by atoms with Gasteiger partial charge in [-0.3, -0.25) is 4.79 Å². The lowest BCUT2D eigenvalue weighted by Crippen LogP contribution is -2.54. The molecule has 0 unspecified atom stereocenters. The quantitative estimate of drug-likeness (QED) is 0.891. The molecule has 8 heteroatoms. The molecular weight excluding hydrogens is 327 g/mol. The molecule has 1 aromatic rings. The molecule has 0 aromatic heterocycles. The number of aliphatic carboxylic acids is 1. The number of amides is 1. The van der Waals surface area contributed by atoms with E-state index < -0.39 is 36.5 Å². The lowest BCUT2D eigenvalue weighted by molar-refractivity contribution is -0.163. The van der Waals surface area contributed by atoms with Crippen molar-refractivity contribution in [2.75, 3.05) is 13.1 Å². The largest absolute Gasteiger partial charge is 0.478 e. The number of carboxylic acids is 1. The first kappa shape index (κ1) is 18.1. The van der Waals surface area contributed by atoms with Crippen LogP contribution in [-0.2, 0) is 9.59 Å². The zero-order valence-corrected chi connectivity index (χ0v) is 12.9. The van der Waals surface area contributed by atoms with Crippen LogP contribution < -0.4 is 4.74 Å². The van der Waals surface area contributed by atoms with Gasteiger partial charge in [-0.2, -0.15) is 13.2 Å². The van der Waals surface area contributed by atoms with Crippen molar-refractivity contribution >= 4 is 11.9 Å². The van der Waals surface area contributed by atoms with Crippen LogP contribution in [0.1, 0.15) is 25.7 Å². The molecule has 1 heterocycles. The molecule has 0 aliphatic carbocycles. The van der Waals surface area contributed by atoms with E-state index in [0.717, 1.165) is 0 Å². The Bertz CT molecular complexity index is 581. The first-order chi connectivity index (χ1) is 11.2. The minimum atomic E-state index is -4.38. The standard InChI is InChI=1S/C16H18F3NO4/c17-16(18,19)7-6-13(21)20-10-8-15(9-11-20,14(22)23)24-12-4-2-1-3-5-12/h1-5H,6-11H2,(H,22,23). The molecule has 1 saturated heterocycles. The van der Waals surface area contributed by atoms with Crippen molar-refractivity contribution in [3.63, 3.8) is 0 Å². The van der Waals surface area contributed by atoms with Gasteiger partial charge in [-0.15, -0.1) is 0 Å². The SMILES string of the molecule is O=C(CCC(F)(F)F)N1CCC(Oc2ccccc2)(C(=O)O)CC1. The molecule has 0 bridgehead atoms. The fourth-order valence-corrected chi connectivity index (χ4v) is 2.60. The third-order valence-electron chi connectivity index (χ3n) is 3.99. The second kappa shape index (κ2) is 7.11. The van der Waals surface area contributed by atoms with Gasteiger partial charge in [0.25, 0.3) is 0 Å². The predicted octanol–water partition coefficient (Wildman–Crippen LogP) is 2.85. The number of carbonyl (C=O) groups is 2. The summed E-state index contributed by atoms with van der Waals surface area (Å²) < 4.78 is 42.2. The van der Waals surface area contributed by atoms with Gasteiger partial charge in [0.2, 0.25) is 11.5 Å². The second-order valence-electron chi connectivity index (χ2n) is 5.71. The molecule has 1 N–H and O–H groups in total. The van der Waals surface area contributed by atoms with Gasteiger partial charge in [0.05, 0.1) is 6.42 Å². The van der Waals surface area contributed by atoms with Crippen molar-refractivity contribution in [3.05, 3.63) is 30.3 Å². The number of hydrogen-bond donors (Lipinski definition) is 1. The molecule has 1 fully saturated rings. The highest BCUT2D eigenvalue weighted by Crippen LogP contribution is 2.30. The predicted molar refractivity (Wildman–Crippen MR) is 78.5 cm³/mol. The number of piperidine rings is 1. The number of hydrogen-bond acceptors (Lipinski definition) is 3. The van der Waals surface area contributed by atoms with E-state index in [1.54, 1.807) is 30.3 Å². The van der Waals surface area contributed by atoms with E-state index >= 15 is 0 Å². The van der Waals surface area contributed by atoms with E-state index in [9.17, 15) is 27.9 Å². The monoisotopic (exact) mass is 345 g/mol. The second-order valence-corrected chi connectivity index (χ2v) is 5.71. The Balaban J connectivity index is 1.97. The number of benzene rings is 1.